The van der Waals surface area contributed by atoms with Crippen molar-refractivity contribution in [3.05, 3.63) is 47.5 Å². The van der Waals surface area contributed by atoms with Gasteiger partial charge in [0.15, 0.2) is 0 Å². The molecule has 0 aliphatic carbocycles. The van der Waals surface area contributed by atoms with E-state index in [-0.39, 0.29) is 6.61 Å². The van der Waals surface area contributed by atoms with Gasteiger partial charge in [0.2, 0.25) is 0 Å². The summed E-state index contributed by atoms with van der Waals surface area (Å²) in [5, 5.41) is 21.6. The number of rotatable bonds is 3. The molecule has 0 spiro atoms. The van der Waals surface area contributed by atoms with Gasteiger partial charge in [-0.25, -0.2) is 0 Å². The van der Waals surface area contributed by atoms with E-state index in [0.717, 1.165) is 21.9 Å². The Morgan fingerprint density at radius 2 is 1.76 bits per heavy atom. The molecule has 2 aromatic rings. The van der Waals surface area contributed by atoms with Crippen molar-refractivity contribution in [3.63, 3.8) is 0 Å². The van der Waals surface area contributed by atoms with Crippen molar-refractivity contribution in [2.75, 3.05) is 0 Å². The van der Waals surface area contributed by atoms with E-state index >= 15 is 0 Å². The third kappa shape index (κ3) is 2.65. The van der Waals surface area contributed by atoms with Crippen LogP contribution in [0.3, 0.4) is 0 Å². The molecule has 0 aliphatic rings. The number of aliphatic hydroxyl groups is 2. The van der Waals surface area contributed by atoms with E-state index in [2.05, 4.69) is 0 Å². The summed E-state index contributed by atoms with van der Waals surface area (Å²) < 4.78 is 0. The zero-order valence-electron chi connectivity index (χ0n) is 10.3. The van der Waals surface area contributed by atoms with E-state index in [1.165, 1.54) is 0 Å². The van der Waals surface area contributed by atoms with E-state index in [9.17, 15) is 10.2 Å². The predicted molar refractivity (Wildman–Crippen MR) is 69.9 cm³/mol. The first-order chi connectivity index (χ1) is 8.01. The number of fused-ring (bicyclic) bond motifs is 1. The Morgan fingerprint density at radius 3 is 2.41 bits per heavy atom. The van der Waals surface area contributed by atoms with Gasteiger partial charge in [0.1, 0.15) is 0 Å². The smallest absolute Gasteiger partial charge is 0.0684 e. The normalized spacial score (nSPS) is 12.0. The second kappa shape index (κ2) is 4.47. The SMILES string of the molecule is CC(C)(O)Cc1c(CO)ccc2ccccc12. The molecule has 0 atom stereocenters. The van der Waals surface area contributed by atoms with Gasteiger partial charge in [-0.15, -0.1) is 0 Å². The zero-order valence-corrected chi connectivity index (χ0v) is 10.3. The summed E-state index contributed by atoms with van der Waals surface area (Å²) >= 11 is 0. The molecule has 0 saturated heterocycles. The van der Waals surface area contributed by atoms with Crippen LogP contribution < -0.4 is 0 Å². The lowest BCUT2D eigenvalue weighted by Crippen LogP contribution is -2.22. The summed E-state index contributed by atoms with van der Waals surface area (Å²) in [7, 11) is 0. The van der Waals surface area contributed by atoms with Crippen molar-refractivity contribution in [3.8, 4) is 0 Å². The Hall–Kier alpha value is -1.38. The molecule has 0 amide bonds. The Morgan fingerprint density at radius 1 is 1.06 bits per heavy atom. The quantitative estimate of drug-likeness (QED) is 0.851. The molecule has 0 heterocycles. The van der Waals surface area contributed by atoms with Gasteiger partial charge in [0.05, 0.1) is 12.2 Å². The lowest BCUT2D eigenvalue weighted by Gasteiger charge is -2.20. The van der Waals surface area contributed by atoms with Gasteiger partial charge in [0, 0.05) is 6.42 Å². The first-order valence-corrected chi connectivity index (χ1v) is 5.84. The first kappa shape index (κ1) is 12.1. The van der Waals surface area contributed by atoms with Crippen molar-refractivity contribution in [1.82, 2.24) is 0 Å². The molecule has 0 saturated carbocycles. The van der Waals surface area contributed by atoms with Crippen LogP contribution in [0.15, 0.2) is 36.4 Å². The third-order valence-electron chi connectivity index (χ3n) is 2.92. The van der Waals surface area contributed by atoms with E-state index < -0.39 is 5.60 Å². The third-order valence-corrected chi connectivity index (χ3v) is 2.92. The largest absolute Gasteiger partial charge is 0.392 e. The minimum Gasteiger partial charge on any atom is -0.392 e. The molecule has 2 aromatic carbocycles. The summed E-state index contributed by atoms with van der Waals surface area (Å²) in [6.45, 7) is 3.59. The van der Waals surface area contributed by atoms with Crippen molar-refractivity contribution in [2.24, 2.45) is 0 Å². The average molecular weight is 230 g/mol. The molecule has 2 N–H and O–H groups in total. The molecule has 0 unspecified atom stereocenters. The Bertz CT molecular complexity index is 524. The summed E-state index contributed by atoms with van der Waals surface area (Å²) in [5.74, 6) is 0. The predicted octanol–water partition coefficient (Wildman–Crippen LogP) is 2.65. The second-order valence-electron chi connectivity index (χ2n) is 5.07. The summed E-state index contributed by atoms with van der Waals surface area (Å²) in [6.07, 6.45) is 0.546. The van der Waals surface area contributed by atoms with Gasteiger partial charge >= 0.3 is 0 Å². The lowest BCUT2D eigenvalue weighted by atomic mass is 9.90. The standard InChI is InChI=1S/C15H18O2/c1-15(2,17)9-14-12(10-16)8-7-11-5-3-4-6-13(11)14/h3-8,16-17H,9-10H2,1-2H3. The molecule has 0 bridgehead atoms. The molecular weight excluding hydrogens is 212 g/mol. The highest BCUT2D eigenvalue weighted by molar-refractivity contribution is 5.86. The van der Waals surface area contributed by atoms with Crippen LogP contribution in [0.25, 0.3) is 10.8 Å². The molecular formula is C15H18O2. The van der Waals surface area contributed by atoms with Gasteiger partial charge in [-0.05, 0) is 35.7 Å². The van der Waals surface area contributed by atoms with E-state index in [1.807, 2.05) is 36.4 Å². The fraction of sp³-hybridized carbons (Fsp3) is 0.333. The van der Waals surface area contributed by atoms with Crippen LogP contribution in [0.2, 0.25) is 0 Å². The van der Waals surface area contributed by atoms with Crippen LogP contribution in [-0.4, -0.2) is 15.8 Å². The van der Waals surface area contributed by atoms with Gasteiger partial charge in [-0.1, -0.05) is 36.4 Å². The Balaban J connectivity index is 2.63. The van der Waals surface area contributed by atoms with Gasteiger partial charge in [-0.3, -0.25) is 0 Å². The maximum absolute atomic E-state index is 9.97. The van der Waals surface area contributed by atoms with Crippen molar-refractivity contribution < 1.29 is 10.2 Å². The highest BCUT2D eigenvalue weighted by Gasteiger charge is 2.17. The minimum atomic E-state index is -0.770. The van der Waals surface area contributed by atoms with E-state index in [1.54, 1.807) is 13.8 Å². The fourth-order valence-corrected chi connectivity index (χ4v) is 2.17. The van der Waals surface area contributed by atoms with Crippen molar-refractivity contribution in [2.45, 2.75) is 32.5 Å². The highest BCUT2D eigenvalue weighted by atomic mass is 16.3. The lowest BCUT2D eigenvalue weighted by molar-refractivity contribution is 0.0808. The van der Waals surface area contributed by atoms with Gasteiger partial charge in [-0.2, -0.15) is 0 Å². The van der Waals surface area contributed by atoms with Crippen molar-refractivity contribution in [1.29, 1.82) is 0 Å². The number of hydrogen-bond donors (Lipinski definition) is 2. The highest BCUT2D eigenvalue weighted by Crippen LogP contribution is 2.26. The Labute approximate surface area is 102 Å². The van der Waals surface area contributed by atoms with Crippen LogP contribution in [0.5, 0.6) is 0 Å². The maximum Gasteiger partial charge on any atom is 0.0684 e. The minimum absolute atomic E-state index is 0.0102. The average Bonchev–Trinajstić information content (AvgIpc) is 2.28. The summed E-state index contributed by atoms with van der Waals surface area (Å²) in [6, 6.07) is 12.0. The molecule has 90 valence electrons. The molecule has 0 aromatic heterocycles. The second-order valence-corrected chi connectivity index (χ2v) is 5.07. The van der Waals surface area contributed by atoms with E-state index in [0.29, 0.717) is 6.42 Å². The van der Waals surface area contributed by atoms with E-state index in [4.69, 9.17) is 0 Å². The molecule has 0 fully saturated rings. The zero-order chi connectivity index (χ0) is 12.5. The molecule has 2 heteroatoms. The molecule has 17 heavy (non-hydrogen) atoms. The molecule has 0 aliphatic heterocycles. The van der Waals surface area contributed by atoms with Crippen molar-refractivity contribution >= 4 is 10.8 Å². The summed E-state index contributed by atoms with van der Waals surface area (Å²) in [5.41, 5.74) is 1.16. The fourth-order valence-electron chi connectivity index (χ4n) is 2.17. The topological polar surface area (TPSA) is 40.5 Å². The Kier molecular flexibility index (Phi) is 3.18. The number of benzene rings is 2. The van der Waals surface area contributed by atoms with Crippen LogP contribution >= 0.6 is 0 Å². The number of aliphatic hydroxyl groups excluding tert-OH is 1. The van der Waals surface area contributed by atoms with Crippen LogP contribution in [0.1, 0.15) is 25.0 Å². The monoisotopic (exact) mass is 230 g/mol. The maximum atomic E-state index is 9.97. The molecule has 2 nitrogen and oxygen atoms in total. The molecule has 0 radical (unpaired) electrons. The van der Waals surface area contributed by atoms with Crippen LogP contribution in [-0.2, 0) is 13.0 Å². The first-order valence-electron chi connectivity index (χ1n) is 5.84. The van der Waals surface area contributed by atoms with Gasteiger partial charge in [0.25, 0.3) is 0 Å². The number of hydrogen-bond acceptors (Lipinski definition) is 2. The molecule has 2 rings (SSSR count). The van der Waals surface area contributed by atoms with Crippen LogP contribution in [0, 0.1) is 0 Å². The van der Waals surface area contributed by atoms with Crippen LogP contribution in [0.4, 0.5) is 0 Å². The van der Waals surface area contributed by atoms with Gasteiger partial charge < -0.3 is 10.2 Å². The summed E-state index contributed by atoms with van der Waals surface area (Å²) in [4.78, 5) is 0.